The standard InChI is InChI=1S/C16H14ClN3O6/c1-9-5-10(2)16(14(6-9)20(24)25)26-8-15(21)18-12-4-3-11(17)7-13(12)19(22)23/h3-7H,8H2,1-2H3,(H,18,21). The van der Waals surface area contributed by atoms with E-state index in [1.54, 1.807) is 19.9 Å². The van der Waals surface area contributed by atoms with Gasteiger partial charge in [0, 0.05) is 17.2 Å². The van der Waals surface area contributed by atoms with Gasteiger partial charge in [0.15, 0.2) is 6.61 Å². The number of ether oxygens (including phenoxy) is 1. The second-order valence-corrected chi connectivity index (χ2v) is 5.88. The van der Waals surface area contributed by atoms with Crippen LogP contribution in [0.1, 0.15) is 11.1 Å². The summed E-state index contributed by atoms with van der Waals surface area (Å²) in [5.74, 6) is -0.731. The SMILES string of the molecule is Cc1cc(C)c(OCC(=O)Nc2ccc(Cl)cc2[N+](=O)[O-])c([N+](=O)[O-])c1. The van der Waals surface area contributed by atoms with E-state index in [1.807, 2.05) is 0 Å². The first-order valence-corrected chi connectivity index (χ1v) is 7.69. The molecule has 0 saturated heterocycles. The molecule has 0 saturated carbocycles. The molecule has 10 heteroatoms. The molecule has 0 fully saturated rings. The van der Waals surface area contributed by atoms with E-state index in [9.17, 15) is 25.0 Å². The molecule has 9 nitrogen and oxygen atoms in total. The normalized spacial score (nSPS) is 10.3. The van der Waals surface area contributed by atoms with E-state index in [4.69, 9.17) is 16.3 Å². The van der Waals surface area contributed by atoms with Crippen LogP contribution in [0.15, 0.2) is 30.3 Å². The highest BCUT2D eigenvalue weighted by Gasteiger charge is 2.21. The maximum absolute atomic E-state index is 12.0. The van der Waals surface area contributed by atoms with Crippen LogP contribution in [-0.2, 0) is 4.79 Å². The molecule has 0 aliphatic rings. The highest BCUT2D eigenvalue weighted by atomic mass is 35.5. The number of halogens is 1. The number of hydrogen-bond donors (Lipinski definition) is 1. The van der Waals surface area contributed by atoms with Gasteiger partial charge in [-0.2, -0.15) is 0 Å². The molecule has 0 aliphatic carbocycles. The number of hydrogen-bond acceptors (Lipinski definition) is 6. The van der Waals surface area contributed by atoms with Crippen molar-refractivity contribution < 1.29 is 19.4 Å². The Balaban J connectivity index is 2.16. The van der Waals surface area contributed by atoms with Crippen molar-refractivity contribution in [2.45, 2.75) is 13.8 Å². The topological polar surface area (TPSA) is 125 Å². The van der Waals surface area contributed by atoms with Crippen LogP contribution < -0.4 is 10.1 Å². The number of nitro benzene ring substituents is 2. The lowest BCUT2D eigenvalue weighted by Gasteiger charge is -2.11. The number of amides is 1. The summed E-state index contributed by atoms with van der Waals surface area (Å²) >= 11 is 5.71. The summed E-state index contributed by atoms with van der Waals surface area (Å²) in [6.45, 7) is 2.78. The number of anilines is 1. The van der Waals surface area contributed by atoms with E-state index in [0.717, 1.165) is 6.07 Å². The molecular formula is C16H14ClN3O6. The maximum atomic E-state index is 12.0. The summed E-state index contributed by atoms with van der Waals surface area (Å²) in [7, 11) is 0. The molecule has 0 heterocycles. The predicted molar refractivity (Wildman–Crippen MR) is 94.8 cm³/mol. The zero-order valence-corrected chi connectivity index (χ0v) is 14.6. The molecule has 0 atom stereocenters. The lowest BCUT2D eigenvalue weighted by molar-refractivity contribution is -0.385. The van der Waals surface area contributed by atoms with E-state index in [-0.39, 0.29) is 27.8 Å². The minimum Gasteiger partial charge on any atom is -0.477 e. The predicted octanol–water partition coefficient (Wildman–Crippen LogP) is 3.79. The first-order chi connectivity index (χ1) is 12.2. The van der Waals surface area contributed by atoms with Crippen LogP contribution in [0.25, 0.3) is 0 Å². The van der Waals surface area contributed by atoms with Crippen LogP contribution in [0.3, 0.4) is 0 Å². The van der Waals surface area contributed by atoms with Gasteiger partial charge in [-0.05, 0) is 37.1 Å². The molecular weight excluding hydrogens is 366 g/mol. The minimum atomic E-state index is -0.704. The average molecular weight is 380 g/mol. The van der Waals surface area contributed by atoms with Crippen LogP contribution >= 0.6 is 11.6 Å². The third-order valence-corrected chi connectivity index (χ3v) is 3.61. The third kappa shape index (κ3) is 4.45. The quantitative estimate of drug-likeness (QED) is 0.601. The number of nitrogens with one attached hydrogen (secondary N) is 1. The van der Waals surface area contributed by atoms with Gasteiger partial charge in [-0.1, -0.05) is 17.7 Å². The zero-order chi connectivity index (χ0) is 19.4. The number of carbonyl (C=O) groups excluding carboxylic acids is 1. The number of aryl methyl sites for hydroxylation is 2. The monoisotopic (exact) mass is 379 g/mol. The molecule has 1 amide bonds. The highest BCUT2D eigenvalue weighted by Crippen LogP contribution is 2.32. The summed E-state index contributed by atoms with van der Waals surface area (Å²) in [5, 5.41) is 24.7. The van der Waals surface area contributed by atoms with Gasteiger partial charge < -0.3 is 10.1 Å². The second kappa shape index (κ2) is 7.79. The van der Waals surface area contributed by atoms with Crippen molar-refractivity contribution in [3.8, 4) is 5.75 Å². The Bertz CT molecular complexity index is 900. The Labute approximate surface area is 152 Å². The maximum Gasteiger partial charge on any atom is 0.311 e. The van der Waals surface area contributed by atoms with Crippen molar-refractivity contribution in [3.63, 3.8) is 0 Å². The van der Waals surface area contributed by atoms with Crippen molar-refractivity contribution in [2.75, 3.05) is 11.9 Å². The van der Waals surface area contributed by atoms with Gasteiger partial charge in [0.2, 0.25) is 5.75 Å². The van der Waals surface area contributed by atoms with Crippen molar-refractivity contribution in [1.82, 2.24) is 0 Å². The van der Waals surface area contributed by atoms with Crippen LogP contribution in [0.4, 0.5) is 17.1 Å². The second-order valence-electron chi connectivity index (χ2n) is 5.44. The summed E-state index contributed by atoms with van der Waals surface area (Å²) in [5.41, 5.74) is 0.504. The van der Waals surface area contributed by atoms with Gasteiger partial charge in [0.05, 0.1) is 9.85 Å². The average Bonchev–Trinajstić information content (AvgIpc) is 2.54. The number of nitro groups is 2. The van der Waals surface area contributed by atoms with Crippen LogP contribution in [-0.4, -0.2) is 22.4 Å². The first-order valence-electron chi connectivity index (χ1n) is 7.31. The molecule has 0 aliphatic heterocycles. The molecule has 0 unspecified atom stereocenters. The Morgan fingerprint density at radius 2 is 1.77 bits per heavy atom. The van der Waals surface area contributed by atoms with Gasteiger partial charge in [-0.3, -0.25) is 25.0 Å². The molecule has 2 rings (SSSR count). The highest BCUT2D eigenvalue weighted by molar-refractivity contribution is 6.31. The van der Waals surface area contributed by atoms with Gasteiger partial charge in [-0.15, -0.1) is 0 Å². The first kappa shape index (κ1) is 19.1. The molecule has 136 valence electrons. The fraction of sp³-hybridized carbons (Fsp3) is 0.188. The van der Waals surface area contributed by atoms with Gasteiger partial charge >= 0.3 is 5.69 Å². The van der Waals surface area contributed by atoms with Crippen LogP contribution in [0.5, 0.6) is 5.75 Å². The molecule has 0 radical (unpaired) electrons. The zero-order valence-electron chi connectivity index (χ0n) is 13.8. The van der Waals surface area contributed by atoms with Crippen molar-refractivity contribution in [2.24, 2.45) is 0 Å². The molecule has 1 N–H and O–H groups in total. The lowest BCUT2D eigenvalue weighted by atomic mass is 10.1. The Kier molecular flexibility index (Phi) is 5.73. The van der Waals surface area contributed by atoms with E-state index in [1.165, 1.54) is 18.2 Å². The van der Waals surface area contributed by atoms with Crippen LogP contribution in [0.2, 0.25) is 5.02 Å². The van der Waals surface area contributed by atoms with E-state index in [2.05, 4.69) is 5.32 Å². The van der Waals surface area contributed by atoms with E-state index >= 15 is 0 Å². The Morgan fingerprint density at radius 1 is 1.12 bits per heavy atom. The van der Waals surface area contributed by atoms with E-state index < -0.39 is 22.4 Å². The van der Waals surface area contributed by atoms with Crippen molar-refractivity contribution in [1.29, 1.82) is 0 Å². The Hall–Kier alpha value is -3.20. The third-order valence-electron chi connectivity index (χ3n) is 3.37. The van der Waals surface area contributed by atoms with Crippen molar-refractivity contribution >= 4 is 34.6 Å². The van der Waals surface area contributed by atoms with Crippen molar-refractivity contribution in [3.05, 3.63) is 66.7 Å². The molecule has 0 bridgehead atoms. The van der Waals surface area contributed by atoms with Gasteiger partial charge in [0.25, 0.3) is 11.6 Å². The summed E-state index contributed by atoms with van der Waals surface area (Å²) in [6, 6.07) is 6.81. The van der Waals surface area contributed by atoms with E-state index in [0.29, 0.717) is 11.1 Å². The largest absolute Gasteiger partial charge is 0.477 e. The van der Waals surface area contributed by atoms with Crippen LogP contribution in [0, 0.1) is 34.1 Å². The molecule has 2 aromatic carbocycles. The van der Waals surface area contributed by atoms with Gasteiger partial charge in [0.1, 0.15) is 5.69 Å². The molecule has 26 heavy (non-hydrogen) atoms. The lowest BCUT2D eigenvalue weighted by Crippen LogP contribution is -2.21. The molecule has 0 aromatic heterocycles. The summed E-state index contributed by atoms with van der Waals surface area (Å²) < 4.78 is 5.29. The smallest absolute Gasteiger partial charge is 0.311 e. The van der Waals surface area contributed by atoms with Gasteiger partial charge in [-0.25, -0.2) is 0 Å². The number of rotatable bonds is 6. The summed E-state index contributed by atoms with van der Waals surface area (Å²) in [6.07, 6.45) is 0. The number of benzene rings is 2. The minimum absolute atomic E-state index is 0.0265. The number of carbonyl (C=O) groups is 1. The number of nitrogens with zero attached hydrogens (tertiary/aromatic N) is 2. The molecule has 2 aromatic rings. The molecule has 0 spiro atoms. The Morgan fingerprint density at radius 3 is 2.38 bits per heavy atom. The fourth-order valence-electron chi connectivity index (χ4n) is 2.34. The fourth-order valence-corrected chi connectivity index (χ4v) is 2.51. The summed E-state index contributed by atoms with van der Waals surface area (Å²) in [4.78, 5) is 32.9.